The lowest BCUT2D eigenvalue weighted by atomic mass is 10.0. The van der Waals surface area contributed by atoms with E-state index in [1.54, 1.807) is 20.4 Å². The highest BCUT2D eigenvalue weighted by Gasteiger charge is 2.20. The number of nitrogens with zero attached hydrogens (tertiary/aromatic N) is 3. The first-order chi connectivity index (χ1) is 14.8. The molecule has 0 spiro atoms. The van der Waals surface area contributed by atoms with Gasteiger partial charge in [0.1, 0.15) is 6.61 Å². The highest BCUT2D eigenvalue weighted by atomic mass is 127. The van der Waals surface area contributed by atoms with Gasteiger partial charge in [0.2, 0.25) is 5.88 Å². The van der Waals surface area contributed by atoms with Crippen molar-refractivity contribution in [3.8, 4) is 5.88 Å². The Balaban J connectivity index is 0.00000341. The Morgan fingerprint density at radius 1 is 1.13 bits per heavy atom. The summed E-state index contributed by atoms with van der Waals surface area (Å²) in [6.45, 7) is 4.81. The van der Waals surface area contributed by atoms with E-state index < -0.39 is 0 Å². The normalized spacial score (nSPS) is 15.2. The number of hydrogen-bond acceptors (Lipinski definition) is 5. The first-order valence-electron chi connectivity index (χ1n) is 10.6. The lowest BCUT2D eigenvalue weighted by molar-refractivity contribution is 0.143. The Bertz CT molecular complexity index is 783. The standard InChI is InChI=1S/C23H33N5O2.HI/c1-24-23(26-17-20-9-6-12-25-22(20)30-16-15-29-2)27-21-10-13-28(14-11-21)18-19-7-4-3-5-8-19;/h3-9,12,21H,10-11,13-18H2,1-2H3,(H2,24,26,27);1H. The second kappa shape index (κ2) is 14.2. The van der Waals surface area contributed by atoms with E-state index in [9.17, 15) is 0 Å². The van der Waals surface area contributed by atoms with E-state index in [0.717, 1.165) is 44.0 Å². The average molecular weight is 539 g/mol. The molecule has 0 radical (unpaired) electrons. The average Bonchev–Trinajstić information content (AvgIpc) is 2.79. The summed E-state index contributed by atoms with van der Waals surface area (Å²) in [6.07, 6.45) is 3.94. The van der Waals surface area contributed by atoms with Gasteiger partial charge in [0.15, 0.2) is 5.96 Å². The minimum absolute atomic E-state index is 0. The zero-order valence-corrected chi connectivity index (χ0v) is 20.7. The maximum absolute atomic E-state index is 5.71. The monoisotopic (exact) mass is 539 g/mol. The van der Waals surface area contributed by atoms with Crippen molar-refractivity contribution in [1.29, 1.82) is 0 Å². The maximum atomic E-state index is 5.71. The third kappa shape index (κ3) is 8.62. The van der Waals surface area contributed by atoms with Crippen LogP contribution < -0.4 is 15.4 Å². The summed E-state index contributed by atoms with van der Waals surface area (Å²) >= 11 is 0. The number of piperidine rings is 1. The Hall–Kier alpha value is -1.91. The van der Waals surface area contributed by atoms with Gasteiger partial charge in [0.05, 0.1) is 6.61 Å². The third-order valence-electron chi connectivity index (χ3n) is 5.22. The van der Waals surface area contributed by atoms with Crippen molar-refractivity contribution in [2.24, 2.45) is 4.99 Å². The number of pyridine rings is 1. The lowest BCUT2D eigenvalue weighted by Crippen LogP contribution is -2.48. The van der Waals surface area contributed by atoms with Gasteiger partial charge in [-0.2, -0.15) is 0 Å². The van der Waals surface area contributed by atoms with Crippen molar-refractivity contribution in [2.45, 2.75) is 32.0 Å². The highest BCUT2D eigenvalue weighted by Crippen LogP contribution is 2.15. The van der Waals surface area contributed by atoms with Crippen molar-refractivity contribution >= 4 is 29.9 Å². The minimum Gasteiger partial charge on any atom is -0.475 e. The molecule has 0 aliphatic carbocycles. The largest absolute Gasteiger partial charge is 0.475 e. The molecule has 2 heterocycles. The van der Waals surface area contributed by atoms with Crippen LogP contribution in [0, 0.1) is 0 Å². The summed E-state index contributed by atoms with van der Waals surface area (Å²) in [5, 5.41) is 6.95. The lowest BCUT2D eigenvalue weighted by Gasteiger charge is -2.33. The van der Waals surface area contributed by atoms with Crippen molar-refractivity contribution < 1.29 is 9.47 Å². The fourth-order valence-corrected chi connectivity index (χ4v) is 3.55. The quantitative estimate of drug-likeness (QED) is 0.221. The molecular formula is C23H34IN5O2. The van der Waals surface area contributed by atoms with E-state index in [1.165, 1.54) is 5.56 Å². The fourth-order valence-electron chi connectivity index (χ4n) is 3.55. The summed E-state index contributed by atoms with van der Waals surface area (Å²) < 4.78 is 10.8. The molecular weight excluding hydrogens is 505 g/mol. The first kappa shape index (κ1) is 25.4. The van der Waals surface area contributed by atoms with Crippen molar-refractivity contribution in [2.75, 3.05) is 40.5 Å². The summed E-state index contributed by atoms with van der Waals surface area (Å²) in [5.41, 5.74) is 2.37. The number of guanidine groups is 1. The van der Waals surface area contributed by atoms with E-state index >= 15 is 0 Å². The number of hydrogen-bond donors (Lipinski definition) is 2. The van der Waals surface area contributed by atoms with Gasteiger partial charge < -0.3 is 20.1 Å². The molecule has 2 N–H and O–H groups in total. The molecule has 7 nitrogen and oxygen atoms in total. The molecule has 0 unspecified atom stereocenters. The number of benzene rings is 1. The highest BCUT2D eigenvalue weighted by molar-refractivity contribution is 14.0. The van der Waals surface area contributed by atoms with Crippen LogP contribution in [0.15, 0.2) is 53.7 Å². The topological polar surface area (TPSA) is 71.0 Å². The number of rotatable bonds is 9. The Kier molecular flexibility index (Phi) is 11.6. The van der Waals surface area contributed by atoms with Crippen LogP contribution >= 0.6 is 24.0 Å². The van der Waals surface area contributed by atoms with Crippen molar-refractivity contribution in [3.63, 3.8) is 0 Å². The molecule has 0 bridgehead atoms. The van der Waals surface area contributed by atoms with Crippen LogP contribution in [0.1, 0.15) is 24.0 Å². The predicted octanol–water partition coefficient (Wildman–Crippen LogP) is 3.05. The number of likely N-dealkylation sites (tertiary alicyclic amines) is 1. The van der Waals surface area contributed by atoms with Crippen molar-refractivity contribution in [1.82, 2.24) is 20.5 Å². The van der Waals surface area contributed by atoms with Gasteiger partial charge in [-0.1, -0.05) is 36.4 Å². The molecule has 31 heavy (non-hydrogen) atoms. The van der Waals surface area contributed by atoms with Crippen molar-refractivity contribution in [3.05, 3.63) is 59.8 Å². The predicted molar refractivity (Wildman–Crippen MR) is 135 cm³/mol. The molecule has 1 fully saturated rings. The number of nitrogens with one attached hydrogen (secondary N) is 2. The second-order valence-corrected chi connectivity index (χ2v) is 7.42. The van der Waals surface area contributed by atoms with Gasteiger partial charge in [0.25, 0.3) is 0 Å². The number of halogens is 1. The smallest absolute Gasteiger partial charge is 0.218 e. The van der Waals surface area contributed by atoms with Crippen LogP contribution in [0.25, 0.3) is 0 Å². The van der Waals surface area contributed by atoms with Crippen LogP contribution in [0.3, 0.4) is 0 Å². The molecule has 170 valence electrons. The van der Waals surface area contributed by atoms with Crippen LogP contribution in [0.4, 0.5) is 0 Å². The molecule has 1 aromatic carbocycles. The fraction of sp³-hybridized carbons (Fsp3) is 0.478. The Labute approximate surface area is 202 Å². The number of methoxy groups -OCH3 is 1. The molecule has 2 aromatic rings. The summed E-state index contributed by atoms with van der Waals surface area (Å²) in [4.78, 5) is 11.2. The molecule has 1 aliphatic rings. The molecule has 0 saturated carbocycles. The van der Waals surface area contributed by atoms with Gasteiger partial charge in [-0.25, -0.2) is 4.98 Å². The van der Waals surface area contributed by atoms with Crippen LogP contribution in [-0.4, -0.2) is 62.3 Å². The minimum atomic E-state index is 0. The molecule has 0 amide bonds. The number of aromatic nitrogens is 1. The maximum Gasteiger partial charge on any atom is 0.218 e. The van der Waals surface area contributed by atoms with Gasteiger partial charge in [-0.3, -0.25) is 9.89 Å². The SMILES string of the molecule is CN=C(NCc1cccnc1OCCOC)NC1CCN(Cc2ccccc2)CC1.I. The van der Waals surface area contributed by atoms with Gasteiger partial charge in [-0.05, 0) is 24.5 Å². The summed E-state index contributed by atoms with van der Waals surface area (Å²) in [5.74, 6) is 1.44. The Morgan fingerprint density at radius 3 is 2.61 bits per heavy atom. The molecule has 1 aromatic heterocycles. The zero-order chi connectivity index (χ0) is 21.0. The third-order valence-corrected chi connectivity index (χ3v) is 5.22. The van der Waals surface area contributed by atoms with E-state index in [-0.39, 0.29) is 24.0 Å². The molecule has 3 rings (SSSR count). The number of ether oxygens (including phenoxy) is 2. The van der Waals surface area contributed by atoms with Gasteiger partial charge >= 0.3 is 0 Å². The zero-order valence-electron chi connectivity index (χ0n) is 18.4. The van der Waals surface area contributed by atoms with E-state index in [4.69, 9.17) is 9.47 Å². The second-order valence-electron chi connectivity index (χ2n) is 7.42. The van der Waals surface area contributed by atoms with Gasteiger partial charge in [0, 0.05) is 58.1 Å². The summed E-state index contributed by atoms with van der Waals surface area (Å²) in [7, 11) is 3.46. The van der Waals surface area contributed by atoms with Crippen LogP contribution in [0.2, 0.25) is 0 Å². The molecule has 8 heteroatoms. The molecule has 1 saturated heterocycles. The number of aliphatic imine (C=N–C) groups is 1. The summed E-state index contributed by atoms with van der Waals surface area (Å²) in [6, 6.07) is 15.0. The van der Waals surface area contributed by atoms with Crippen LogP contribution in [-0.2, 0) is 17.8 Å². The van der Waals surface area contributed by atoms with E-state index in [0.29, 0.717) is 31.7 Å². The van der Waals surface area contributed by atoms with Gasteiger partial charge in [-0.15, -0.1) is 24.0 Å². The van der Waals surface area contributed by atoms with E-state index in [1.807, 2.05) is 12.1 Å². The van der Waals surface area contributed by atoms with E-state index in [2.05, 4.69) is 55.8 Å². The van der Waals surface area contributed by atoms with Crippen LogP contribution in [0.5, 0.6) is 5.88 Å². The molecule has 1 aliphatic heterocycles. The first-order valence-corrected chi connectivity index (χ1v) is 10.6. The Morgan fingerprint density at radius 2 is 1.90 bits per heavy atom. The molecule has 0 atom stereocenters.